The van der Waals surface area contributed by atoms with Gasteiger partial charge in [0.2, 0.25) is 0 Å². The lowest BCUT2D eigenvalue weighted by Gasteiger charge is -2.36. The first-order valence-electron chi connectivity index (χ1n) is 7.12. The second kappa shape index (κ2) is 5.08. The molecule has 22 heavy (non-hydrogen) atoms. The van der Waals surface area contributed by atoms with Gasteiger partial charge in [0.25, 0.3) is 0 Å². The molecule has 5 nitrogen and oxygen atoms in total. The van der Waals surface area contributed by atoms with Crippen LogP contribution in [0.2, 0.25) is 0 Å². The molecule has 0 amide bonds. The Kier molecular flexibility index (Phi) is 3.47. The highest BCUT2D eigenvalue weighted by Crippen LogP contribution is 2.41. The van der Waals surface area contributed by atoms with Gasteiger partial charge in [0.05, 0.1) is 5.41 Å². The van der Waals surface area contributed by atoms with Crippen molar-refractivity contribution in [2.75, 3.05) is 13.1 Å². The van der Waals surface area contributed by atoms with Gasteiger partial charge in [-0.15, -0.1) is 8.78 Å². The van der Waals surface area contributed by atoms with E-state index in [0.29, 0.717) is 32.5 Å². The zero-order valence-electron chi connectivity index (χ0n) is 12.1. The van der Waals surface area contributed by atoms with Crippen molar-refractivity contribution in [1.82, 2.24) is 4.90 Å². The largest absolute Gasteiger partial charge is 0.586 e. The van der Waals surface area contributed by atoms with Crippen molar-refractivity contribution in [2.24, 2.45) is 5.41 Å². The third kappa shape index (κ3) is 2.85. The lowest BCUT2D eigenvalue weighted by atomic mass is 9.80. The molecule has 0 aliphatic carbocycles. The Morgan fingerprint density at radius 1 is 1.27 bits per heavy atom. The molecule has 120 valence electrons. The SMILES string of the molecule is CC1(C(=O)O)CCN(Cc2ccc3c(c2)OC(F)(F)O3)CC1. The quantitative estimate of drug-likeness (QED) is 0.930. The molecular weight excluding hydrogens is 296 g/mol. The van der Waals surface area contributed by atoms with E-state index >= 15 is 0 Å². The number of rotatable bonds is 3. The van der Waals surface area contributed by atoms with Crippen molar-refractivity contribution in [2.45, 2.75) is 32.6 Å². The van der Waals surface area contributed by atoms with Gasteiger partial charge < -0.3 is 14.6 Å². The number of carboxylic acids is 1. The Hall–Kier alpha value is -1.89. The molecule has 1 N–H and O–H groups in total. The minimum Gasteiger partial charge on any atom is -0.481 e. The molecule has 0 aromatic heterocycles. The monoisotopic (exact) mass is 313 g/mol. The first-order valence-corrected chi connectivity index (χ1v) is 7.12. The van der Waals surface area contributed by atoms with Crippen LogP contribution in [0.15, 0.2) is 18.2 Å². The van der Waals surface area contributed by atoms with Crippen LogP contribution in [0.3, 0.4) is 0 Å². The summed E-state index contributed by atoms with van der Waals surface area (Å²) in [6.07, 6.45) is -2.45. The summed E-state index contributed by atoms with van der Waals surface area (Å²) in [5.74, 6) is -0.696. The van der Waals surface area contributed by atoms with Crippen LogP contribution in [0, 0.1) is 5.41 Å². The van der Waals surface area contributed by atoms with Crippen molar-refractivity contribution in [3.8, 4) is 11.5 Å². The van der Waals surface area contributed by atoms with Crippen LogP contribution in [-0.4, -0.2) is 35.4 Å². The van der Waals surface area contributed by atoms with E-state index in [0.717, 1.165) is 5.56 Å². The minimum atomic E-state index is -3.60. The van der Waals surface area contributed by atoms with Gasteiger partial charge in [-0.25, -0.2) is 0 Å². The van der Waals surface area contributed by atoms with Gasteiger partial charge in [-0.05, 0) is 50.6 Å². The molecule has 2 heterocycles. The Labute approximate surface area is 126 Å². The Morgan fingerprint density at radius 2 is 1.91 bits per heavy atom. The lowest BCUT2D eigenvalue weighted by Crippen LogP contribution is -2.42. The lowest BCUT2D eigenvalue weighted by molar-refractivity contribution is -0.286. The third-order valence-electron chi connectivity index (χ3n) is 4.35. The maximum Gasteiger partial charge on any atom is 0.586 e. The molecule has 0 atom stereocenters. The molecule has 1 saturated heterocycles. The average molecular weight is 313 g/mol. The van der Waals surface area contributed by atoms with E-state index in [1.165, 1.54) is 6.07 Å². The number of hydrogen-bond donors (Lipinski definition) is 1. The number of carboxylic acid groups (broad SMARTS) is 1. The highest BCUT2D eigenvalue weighted by molar-refractivity contribution is 5.74. The number of nitrogens with zero attached hydrogens (tertiary/aromatic N) is 1. The van der Waals surface area contributed by atoms with Crippen LogP contribution < -0.4 is 9.47 Å². The zero-order valence-corrected chi connectivity index (χ0v) is 12.1. The fourth-order valence-electron chi connectivity index (χ4n) is 2.77. The molecule has 1 fully saturated rings. The predicted molar refractivity (Wildman–Crippen MR) is 72.9 cm³/mol. The van der Waals surface area contributed by atoms with Crippen LogP contribution in [0.5, 0.6) is 11.5 Å². The van der Waals surface area contributed by atoms with Gasteiger partial charge in [-0.1, -0.05) is 6.07 Å². The van der Waals surface area contributed by atoms with Gasteiger partial charge in [0.1, 0.15) is 0 Å². The van der Waals surface area contributed by atoms with E-state index in [2.05, 4.69) is 14.4 Å². The van der Waals surface area contributed by atoms with Crippen molar-refractivity contribution in [3.05, 3.63) is 23.8 Å². The Morgan fingerprint density at radius 3 is 2.55 bits per heavy atom. The van der Waals surface area contributed by atoms with E-state index in [9.17, 15) is 18.7 Å². The highest BCUT2D eigenvalue weighted by atomic mass is 19.3. The van der Waals surface area contributed by atoms with Crippen molar-refractivity contribution < 1.29 is 28.2 Å². The molecule has 7 heteroatoms. The Bertz CT molecular complexity index is 597. The number of aliphatic carboxylic acids is 1. The fourth-order valence-corrected chi connectivity index (χ4v) is 2.77. The number of halogens is 2. The molecule has 2 aliphatic rings. The maximum absolute atomic E-state index is 13.0. The van der Waals surface area contributed by atoms with Crippen LogP contribution in [0.1, 0.15) is 25.3 Å². The van der Waals surface area contributed by atoms with Crippen LogP contribution in [-0.2, 0) is 11.3 Å². The molecule has 0 radical (unpaired) electrons. The van der Waals surface area contributed by atoms with Crippen molar-refractivity contribution >= 4 is 5.97 Å². The van der Waals surface area contributed by atoms with E-state index in [1.54, 1.807) is 19.1 Å². The summed E-state index contributed by atoms with van der Waals surface area (Å²) in [4.78, 5) is 13.3. The van der Waals surface area contributed by atoms with Gasteiger partial charge in [0.15, 0.2) is 11.5 Å². The first kappa shape index (κ1) is 15.0. The van der Waals surface area contributed by atoms with Gasteiger partial charge in [-0.2, -0.15) is 0 Å². The van der Waals surface area contributed by atoms with Gasteiger partial charge >= 0.3 is 12.3 Å². The second-order valence-electron chi connectivity index (χ2n) is 6.09. The highest BCUT2D eigenvalue weighted by Gasteiger charge is 2.43. The van der Waals surface area contributed by atoms with Crippen molar-refractivity contribution in [1.29, 1.82) is 0 Å². The predicted octanol–water partition coefficient (Wildman–Crippen LogP) is 2.69. The topological polar surface area (TPSA) is 59.0 Å². The van der Waals surface area contributed by atoms with Gasteiger partial charge in [0, 0.05) is 6.54 Å². The van der Waals surface area contributed by atoms with Crippen LogP contribution in [0.4, 0.5) is 8.78 Å². The molecule has 2 aliphatic heterocycles. The van der Waals surface area contributed by atoms with Crippen LogP contribution in [0.25, 0.3) is 0 Å². The summed E-state index contributed by atoms with van der Waals surface area (Å²) < 4.78 is 34.8. The molecular formula is C15H17F2NO4. The average Bonchev–Trinajstić information content (AvgIpc) is 2.74. The summed E-state index contributed by atoms with van der Waals surface area (Å²) in [5.41, 5.74) is 0.159. The molecule has 1 aromatic carbocycles. The smallest absolute Gasteiger partial charge is 0.481 e. The number of ether oxygens (including phenoxy) is 2. The molecule has 0 bridgehead atoms. The number of benzene rings is 1. The number of likely N-dealkylation sites (tertiary alicyclic amines) is 1. The molecule has 0 saturated carbocycles. The fraction of sp³-hybridized carbons (Fsp3) is 0.533. The van der Waals surface area contributed by atoms with E-state index in [-0.39, 0.29) is 11.5 Å². The second-order valence-corrected chi connectivity index (χ2v) is 6.09. The number of hydrogen-bond acceptors (Lipinski definition) is 4. The Balaban J connectivity index is 1.63. The van der Waals surface area contributed by atoms with Crippen molar-refractivity contribution in [3.63, 3.8) is 0 Å². The normalized spacial score (nSPS) is 22.5. The number of fused-ring (bicyclic) bond motifs is 1. The molecule has 1 aromatic rings. The van der Waals surface area contributed by atoms with E-state index in [4.69, 9.17) is 0 Å². The molecule has 3 rings (SSSR count). The summed E-state index contributed by atoms with van der Waals surface area (Å²) in [7, 11) is 0. The standard InChI is InChI=1S/C15H17F2NO4/c1-14(13(19)20)4-6-18(7-5-14)9-10-2-3-11-12(8-10)22-15(16,17)21-11/h2-3,8H,4-7,9H2,1H3,(H,19,20). The summed E-state index contributed by atoms with van der Waals surface area (Å²) in [6, 6.07) is 4.73. The number of piperidine rings is 1. The number of alkyl halides is 2. The molecule has 0 spiro atoms. The summed E-state index contributed by atoms with van der Waals surface area (Å²) in [6.45, 7) is 3.65. The van der Waals surface area contributed by atoms with Crippen LogP contribution >= 0.6 is 0 Å². The first-order chi connectivity index (χ1) is 10.3. The molecule has 0 unspecified atom stereocenters. The number of carbonyl (C=O) groups is 1. The summed E-state index contributed by atoms with van der Waals surface area (Å²) >= 11 is 0. The summed E-state index contributed by atoms with van der Waals surface area (Å²) in [5, 5.41) is 9.21. The maximum atomic E-state index is 13.0. The minimum absolute atomic E-state index is 0.0332. The van der Waals surface area contributed by atoms with Gasteiger partial charge in [-0.3, -0.25) is 9.69 Å². The van der Waals surface area contributed by atoms with E-state index in [1.807, 2.05) is 0 Å². The van der Waals surface area contributed by atoms with E-state index < -0.39 is 17.7 Å². The third-order valence-corrected chi connectivity index (χ3v) is 4.35. The zero-order chi connectivity index (χ0) is 16.0.